The predicted octanol–water partition coefficient (Wildman–Crippen LogP) is 2.59. The van der Waals surface area contributed by atoms with Crippen molar-refractivity contribution in [3.8, 4) is 0 Å². The molecule has 0 aliphatic carbocycles. The minimum Gasteiger partial charge on any atom is -0.481 e. The Balaban J connectivity index is 4.47. The monoisotopic (exact) mass is 230 g/mol. The van der Waals surface area contributed by atoms with E-state index in [0.717, 1.165) is 6.42 Å². The van der Waals surface area contributed by atoms with Crippen LogP contribution in [0.5, 0.6) is 0 Å². The maximum absolute atomic E-state index is 10.6. The van der Waals surface area contributed by atoms with Gasteiger partial charge in [-0.2, -0.15) is 0 Å². The van der Waals surface area contributed by atoms with Gasteiger partial charge in [0.25, 0.3) is 0 Å². The summed E-state index contributed by atoms with van der Waals surface area (Å²) in [4.78, 5) is 10.6. The van der Waals surface area contributed by atoms with E-state index < -0.39 is 11.8 Å². The van der Waals surface area contributed by atoms with Crippen LogP contribution in [0.2, 0.25) is 0 Å². The molecule has 0 aromatic rings. The zero-order valence-electron chi connectivity index (χ0n) is 10.2. The van der Waals surface area contributed by atoms with E-state index in [4.69, 9.17) is 14.6 Å². The van der Waals surface area contributed by atoms with Gasteiger partial charge < -0.3 is 14.6 Å². The van der Waals surface area contributed by atoms with Crippen LogP contribution in [0.25, 0.3) is 0 Å². The lowest BCUT2D eigenvalue weighted by Crippen LogP contribution is -2.36. The Hall–Kier alpha value is -0.870. The molecule has 0 aliphatic heterocycles. The van der Waals surface area contributed by atoms with Gasteiger partial charge in [0.15, 0.2) is 5.79 Å². The van der Waals surface area contributed by atoms with Crippen LogP contribution in [0.1, 0.15) is 39.5 Å². The molecule has 0 saturated heterocycles. The quantitative estimate of drug-likeness (QED) is 0.463. The lowest BCUT2D eigenvalue weighted by molar-refractivity contribution is -0.241. The lowest BCUT2D eigenvalue weighted by Gasteiger charge is -2.32. The van der Waals surface area contributed by atoms with E-state index in [2.05, 4.69) is 6.58 Å². The molecule has 0 atom stereocenters. The van der Waals surface area contributed by atoms with Gasteiger partial charge in [-0.05, 0) is 20.3 Å². The molecule has 0 fully saturated rings. The van der Waals surface area contributed by atoms with E-state index in [1.807, 2.05) is 13.8 Å². The normalized spacial score (nSPS) is 11.4. The van der Waals surface area contributed by atoms with Gasteiger partial charge >= 0.3 is 5.97 Å². The van der Waals surface area contributed by atoms with E-state index >= 15 is 0 Å². The SMILES string of the molecule is C=CCCC(CCC(=O)O)(OCC)OCC. The summed E-state index contributed by atoms with van der Waals surface area (Å²) in [5, 5.41) is 8.71. The molecule has 0 radical (unpaired) electrons. The second kappa shape index (κ2) is 8.30. The van der Waals surface area contributed by atoms with Crippen LogP contribution in [0.15, 0.2) is 12.7 Å². The molecule has 4 nitrogen and oxygen atoms in total. The van der Waals surface area contributed by atoms with E-state index in [-0.39, 0.29) is 6.42 Å². The highest BCUT2D eigenvalue weighted by Crippen LogP contribution is 2.26. The van der Waals surface area contributed by atoms with Crippen molar-refractivity contribution in [3.63, 3.8) is 0 Å². The molecule has 16 heavy (non-hydrogen) atoms. The fourth-order valence-electron chi connectivity index (χ4n) is 1.60. The average molecular weight is 230 g/mol. The van der Waals surface area contributed by atoms with Gasteiger partial charge in [-0.15, -0.1) is 6.58 Å². The van der Waals surface area contributed by atoms with Gasteiger partial charge in [-0.25, -0.2) is 0 Å². The number of hydrogen-bond donors (Lipinski definition) is 1. The molecule has 94 valence electrons. The Labute approximate surface area is 97.2 Å². The van der Waals surface area contributed by atoms with Crippen LogP contribution in [0.4, 0.5) is 0 Å². The number of hydrogen-bond acceptors (Lipinski definition) is 3. The second-order valence-electron chi connectivity index (χ2n) is 3.50. The van der Waals surface area contributed by atoms with Gasteiger partial charge in [0.1, 0.15) is 0 Å². The zero-order valence-corrected chi connectivity index (χ0v) is 10.2. The van der Waals surface area contributed by atoms with Crippen molar-refractivity contribution in [3.05, 3.63) is 12.7 Å². The van der Waals surface area contributed by atoms with Gasteiger partial charge in [0.2, 0.25) is 0 Å². The highest BCUT2D eigenvalue weighted by Gasteiger charge is 2.31. The summed E-state index contributed by atoms with van der Waals surface area (Å²) in [7, 11) is 0. The third-order valence-electron chi connectivity index (χ3n) is 2.26. The van der Waals surface area contributed by atoms with Gasteiger partial charge in [0.05, 0.1) is 6.42 Å². The van der Waals surface area contributed by atoms with E-state index in [0.29, 0.717) is 26.1 Å². The maximum Gasteiger partial charge on any atom is 0.303 e. The number of carbonyl (C=O) groups is 1. The van der Waals surface area contributed by atoms with Crippen molar-refractivity contribution in [1.82, 2.24) is 0 Å². The number of aliphatic carboxylic acids is 1. The minimum absolute atomic E-state index is 0.0527. The van der Waals surface area contributed by atoms with E-state index in [9.17, 15) is 4.79 Å². The Kier molecular flexibility index (Phi) is 7.85. The molecule has 0 rings (SSSR count). The lowest BCUT2D eigenvalue weighted by atomic mass is 10.0. The first-order valence-electron chi connectivity index (χ1n) is 5.70. The van der Waals surface area contributed by atoms with E-state index in [1.54, 1.807) is 6.08 Å². The predicted molar refractivity (Wildman–Crippen MR) is 62.3 cm³/mol. The first kappa shape index (κ1) is 15.1. The van der Waals surface area contributed by atoms with Gasteiger partial charge in [-0.3, -0.25) is 4.79 Å². The van der Waals surface area contributed by atoms with E-state index in [1.165, 1.54) is 0 Å². The Morgan fingerprint density at radius 2 is 1.88 bits per heavy atom. The standard InChI is InChI=1S/C12H22O4/c1-4-7-9-12(15-5-2,16-6-3)10-8-11(13)14/h4H,1,5-10H2,2-3H3,(H,13,14). The third kappa shape index (κ3) is 5.88. The molecule has 0 bridgehead atoms. The molecule has 0 spiro atoms. The van der Waals surface area contributed by atoms with Crippen LogP contribution in [0, 0.1) is 0 Å². The summed E-state index contributed by atoms with van der Waals surface area (Å²) in [6, 6.07) is 0. The zero-order chi connectivity index (χ0) is 12.4. The number of rotatable bonds is 10. The van der Waals surface area contributed by atoms with Crippen LogP contribution in [0.3, 0.4) is 0 Å². The molecular formula is C12H22O4. The molecule has 0 aromatic carbocycles. The topological polar surface area (TPSA) is 55.8 Å². The third-order valence-corrected chi connectivity index (χ3v) is 2.26. The molecule has 0 aliphatic rings. The average Bonchev–Trinajstić information content (AvgIpc) is 2.24. The van der Waals surface area contributed by atoms with Crippen LogP contribution < -0.4 is 0 Å². The summed E-state index contributed by atoms with van der Waals surface area (Å²) in [6.07, 6.45) is 3.60. The van der Waals surface area contributed by atoms with Crippen LogP contribution in [-0.4, -0.2) is 30.1 Å². The van der Waals surface area contributed by atoms with Gasteiger partial charge in [-0.1, -0.05) is 6.08 Å². The Bertz CT molecular complexity index is 207. The van der Waals surface area contributed by atoms with Crippen molar-refractivity contribution in [1.29, 1.82) is 0 Å². The molecule has 4 heteroatoms. The van der Waals surface area contributed by atoms with Crippen LogP contribution >= 0.6 is 0 Å². The molecule has 0 amide bonds. The number of carboxylic acid groups (broad SMARTS) is 1. The minimum atomic E-state index is -0.831. The fourth-order valence-corrected chi connectivity index (χ4v) is 1.60. The largest absolute Gasteiger partial charge is 0.481 e. The maximum atomic E-state index is 10.6. The number of allylic oxidation sites excluding steroid dienone is 1. The van der Waals surface area contributed by atoms with Crippen LogP contribution in [-0.2, 0) is 14.3 Å². The summed E-state index contributed by atoms with van der Waals surface area (Å²) in [5.41, 5.74) is 0. The molecule has 0 heterocycles. The molecule has 0 saturated carbocycles. The Morgan fingerprint density at radius 1 is 1.31 bits per heavy atom. The first-order chi connectivity index (χ1) is 7.60. The summed E-state index contributed by atoms with van der Waals surface area (Å²) < 4.78 is 11.2. The molecular weight excluding hydrogens is 208 g/mol. The number of carboxylic acids is 1. The van der Waals surface area contributed by atoms with Crippen molar-refractivity contribution >= 4 is 5.97 Å². The van der Waals surface area contributed by atoms with Crippen molar-refractivity contribution < 1.29 is 19.4 Å². The van der Waals surface area contributed by atoms with Crippen molar-refractivity contribution in [2.75, 3.05) is 13.2 Å². The highest BCUT2D eigenvalue weighted by molar-refractivity contribution is 5.66. The fraction of sp³-hybridized carbons (Fsp3) is 0.750. The second-order valence-corrected chi connectivity index (χ2v) is 3.50. The first-order valence-corrected chi connectivity index (χ1v) is 5.70. The highest BCUT2D eigenvalue weighted by atomic mass is 16.7. The molecule has 0 aromatic heterocycles. The molecule has 1 N–H and O–H groups in total. The van der Waals surface area contributed by atoms with Crippen molar-refractivity contribution in [2.45, 2.75) is 45.3 Å². The Morgan fingerprint density at radius 3 is 2.25 bits per heavy atom. The summed E-state index contributed by atoms with van der Waals surface area (Å²) >= 11 is 0. The summed E-state index contributed by atoms with van der Waals surface area (Å²) in [6.45, 7) is 8.43. The summed E-state index contributed by atoms with van der Waals surface area (Å²) in [5.74, 6) is -1.60. The van der Waals surface area contributed by atoms with Gasteiger partial charge in [0, 0.05) is 26.1 Å². The number of ether oxygens (including phenoxy) is 2. The molecule has 0 unspecified atom stereocenters. The smallest absolute Gasteiger partial charge is 0.303 e. The van der Waals surface area contributed by atoms with Crippen molar-refractivity contribution in [2.24, 2.45) is 0 Å².